The number of nitrogens with zero attached hydrogens (tertiary/aromatic N) is 3. The summed E-state index contributed by atoms with van der Waals surface area (Å²) in [5.41, 5.74) is -0.159. The first-order valence-corrected chi connectivity index (χ1v) is 3.90. The molecule has 1 rings (SSSR count). The number of nitriles is 1. The predicted molar refractivity (Wildman–Crippen MR) is 49.8 cm³/mol. The quantitative estimate of drug-likeness (QED) is 0.582. The molecule has 0 aliphatic carbocycles. The van der Waals surface area contributed by atoms with Crippen LogP contribution < -0.4 is 5.32 Å². The highest BCUT2D eigenvalue weighted by atomic mass is 16.6. The van der Waals surface area contributed by atoms with Crippen LogP contribution in [0.3, 0.4) is 0 Å². The van der Waals surface area contributed by atoms with Gasteiger partial charge in [-0.15, -0.1) is 0 Å². The minimum atomic E-state index is -0.589. The fourth-order valence-corrected chi connectivity index (χ4v) is 0.827. The van der Waals surface area contributed by atoms with E-state index in [1.54, 1.807) is 6.07 Å². The van der Waals surface area contributed by atoms with Gasteiger partial charge in [-0.25, -0.2) is 4.98 Å². The van der Waals surface area contributed by atoms with E-state index in [2.05, 4.69) is 10.3 Å². The van der Waals surface area contributed by atoms with Crippen LogP contribution in [0.4, 0.5) is 11.5 Å². The van der Waals surface area contributed by atoms with E-state index in [1.807, 2.05) is 0 Å². The van der Waals surface area contributed by atoms with E-state index in [0.29, 0.717) is 0 Å². The van der Waals surface area contributed by atoms with Gasteiger partial charge in [0.1, 0.15) is 18.4 Å². The summed E-state index contributed by atoms with van der Waals surface area (Å²) in [5, 5.41) is 20.8. The van der Waals surface area contributed by atoms with Gasteiger partial charge in [0, 0.05) is 6.07 Å². The zero-order valence-corrected chi connectivity index (χ0v) is 7.51. The highest BCUT2D eigenvalue weighted by Crippen LogP contribution is 2.11. The maximum absolute atomic E-state index is 10.9. The average Bonchev–Trinajstić information content (AvgIpc) is 2.18. The number of anilines is 1. The van der Waals surface area contributed by atoms with Crippen molar-refractivity contribution in [2.45, 2.75) is 6.42 Å². The van der Waals surface area contributed by atoms with E-state index in [9.17, 15) is 14.9 Å². The summed E-state index contributed by atoms with van der Waals surface area (Å²) in [6, 6.07) is 4.19. The van der Waals surface area contributed by atoms with Gasteiger partial charge in [0.2, 0.25) is 5.91 Å². The van der Waals surface area contributed by atoms with E-state index < -0.39 is 10.8 Å². The number of hydrogen-bond acceptors (Lipinski definition) is 5. The van der Waals surface area contributed by atoms with Crippen LogP contribution in [0.5, 0.6) is 0 Å². The Bertz CT molecular complexity index is 421. The third kappa shape index (κ3) is 3.04. The SMILES string of the molecule is N#CCC(=O)Nc1ccc([N+](=O)[O-])cn1. The molecule has 0 aliphatic rings. The minimum absolute atomic E-state index is 0.159. The van der Waals surface area contributed by atoms with Crippen molar-refractivity contribution in [3.63, 3.8) is 0 Å². The molecule has 1 aromatic heterocycles. The molecule has 0 radical (unpaired) electrons. The number of aromatic nitrogens is 1. The van der Waals surface area contributed by atoms with Gasteiger partial charge in [-0.3, -0.25) is 14.9 Å². The molecular formula is C8H6N4O3. The Morgan fingerprint density at radius 2 is 2.40 bits per heavy atom. The van der Waals surface area contributed by atoms with Crippen molar-refractivity contribution >= 4 is 17.4 Å². The van der Waals surface area contributed by atoms with E-state index in [0.717, 1.165) is 6.20 Å². The Morgan fingerprint density at radius 3 is 2.87 bits per heavy atom. The predicted octanol–water partition coefficient (Wildman–Crippen LogP) is 0.842. The molecular weight excluding hydrogens is 200 g/mol. The largest absolute Gasteiger partial charge is 0.310 e. The van der Waals surface area contributed by atoms with E-state index in [-0.39, 0.29) is 17.9 Å². The van der Waals surface area contributed by atoms with Crippen molar-refractivity contribution in [2.24, 2.45) is 0 Å². The molecule has 0 saturated heterocycles. The standard InChI is InChI=1S/C8H6N4O3/c9-4-3-8(13)11-7-2-1-6(5-10-7)12(14)15/h1-2,5H,3H2,(H,10,11,13). The Labute approximate surface area is 84.5 Å². The van der Waals surface area contributed by atoms with Gasteiger partial charge in [0.05, 0.1) is 11.0 Å². The lowest BCUT2D eigenvalue weighted by atomic mass is 10.4. The highest BCUT2D eigenvalue weighted by molar-refractivity contribution is 5.91. The zero-order chi connectivity index (χ0) is 11.3. The molecule has 1 aromatic rings. The smallest absolute Gasteiger partial charge is 0.287 e. The monoisotopic (exact) mass is 206 g/mol. The number of carbonyl (C=O) groups is 1. The summed E-state index contributed by atoms with van der Waals surface area (Å²) in [5.74, 6) is -0.320. The summed E-state index contributed by atoms with van der Waals surface area (Å²) in [7, 11) is 0. The van der Waals surface area contributed by atoms with Crippen LogP contribution in [0.25, 0.3) is 0 Å². The first kappa shape index (κ1) is 10.6. The number of nitro groups is 1. The summed E-state index contributed by atoms with van der Waals surface area (Å²) in [6.45, 7) is 0. The third-order valence-corrected chi connectivity index (χ3v) is 1.47. The lowest BCUT2D eigenvalue weighted by Crippen LogP contribution is -2.11. The molecule has 7 nitrogen and oxygen atoms in total. The van der Waals surface area contributed by atoms with Crippen LogP contribution in [-0.4, -0.2) is 15.8 Å². The average molecular weight is 206 g/mol. The van der Waals surface area contributed by atoms with Crippen LogP contribution in [-0.2, 0) is 4.79 Å². The number of amides is 1. The molecule has 0 aromatic carbocycles. The molecule has 7 heteroatoms. The summed E-state index contributed by atoms with van der Waals surface area (Å²) < 4.78 is 0. The summed E-state index contributed by atoms with van der Waals surface area (Å²) >= 11 is 0. The minimum Gasteiger partial charge on any atom is -0.310 e. The molecule has 0 spiro atoms. The molecule has 15 heavy (non-hydrogen) atoms. The molecule has 1 N–H and O–H groups in total. The van der Waals surface area contributed by atoms with Crippen LogP contribution >= 0.6 is 0 Å². The van der Waals surface area contributed by atoms with Crippen LogP contribution in [0.15, 0.2) is 18.3 Å². The zero-order valence-electron chi connectivity index (χ0n) is 7.51. The first-order chi connectivity index (χ1) is 7.13. The molecule has 1 heterocycles. The number of carbonyl (C=O) groups excluding carboxylic acids is 1. The molecule has 0 saturated carbocycles. The van der Waals surface area contributed by atoms with Gasteiger partial charge in [-0.05, 0) is 6.07 Å². The van der Waals surface area contributed by atoms with Crippen molar-refractivity contribution in [2.75, 3.05) is 5.32 Å². The Hall–Kier alpha value is -2.49. The molecule has 76 valence electrons. The second kappa shape index (κ2) is 4.66. The lowest BCUT2D eigenvalue weighted by Gasteiger charge is -1.99. The molecule has 0 aliphatic heterocycles. The van der Waals surface area contributed by atoms with Crippen molar-refractivity contribution < 1.29 is 9.72 Å². The van der Waals surface area contributed by atoms with Gasteiger partial charge in [0.25, 0.3) is 5.69 Å². The van der Waals surface area contributed by atoms with Gasteiger partial charge in [-0.1, -0.05) is 0 Å². The number of hydrogen-bond donors (Lipinski definition) is 1. The Balaban J connectivity index is 2.69. The van der Waals surface area contributed by atoms with Crippen molar-refractivity contribution in [1.82, 2.24) is 4.98 Å². The molecule has 0 atom stereocenters. The van der Waals surface area contributed by atoms with Gasteiger partial charge in [0.15, 0.2) is 0 Å². The number of rotatable bonds is 3. The van der Waals surface area contributed by atoms with Crippen LogP contribution in [0.2, 0.25) is 0 Å². The first-order valence-electron chi connectivity index (χ1n) is 3.90. The maximum atomic E-state index is 10.9. The second-order valence-electron chi connectivity index (χ2n) is 2.54. The highest BCUT2D eigenvalue weighted by Gasteiger charge is 2.06. The van der Waals surface area contributed by atoms with E-state index in [1.165, 1.54) is 12.1 Å². The van der Waals surface area contributed by atoms with Gasteiger partial charge >= 0.3 is 0 Å². The number of pyridine rings is 1. The van der Waals surface area contributed by atoms with Gasteiger partial charge < -0.3 is 5.32 Å². The second-order valence-corrected chi connectivity index (χ2v) is 2.54. The van der Waals surface area contributed by atoms with Crippen LogP contribution in [0.1, 0.15) is 6.42 Å². The molecule has 1 amide bonds. The Morgan fingerprint density at radius 1 is 1.67 bits per heavy atom. The van der Waals surface area contributed by atoms with Gasteiger partial charge in [-0.2, -0.15) is 5.26 Å². The van der Waals surface area contributed by atoms with Crippen molar-refractivity contribution in [3.8, 4) is 6.07 Å². The van der Waals surface area contributed by atoms with E-state index >= 15 is 0 Å². The lowest BCUT2D eigenvalue weighted by molar-refractivity contribution is -0.385. The van der Waals surface area contributed by atoms with E-state index in [4.69, 9.17) is 5.26 Å². The molecule has 0 fully saturated rings. The topological polar surface area (TPSA) is 109 Å². The van der Waals surface area contributed by atoms with Crippen molar-refractivity contribution in [3.05, 3.63) is 28.4 Å². The maximum Gasteiger partial charge on any atom is 0.287 e. The van der Waals surface area contributed by atoms with Crippen LogP contribution in [0, 0.1) is 21.4 Å². The van der Waals surface area contributed by atoms with Crippen molar-refractivity contribution in [1.29, 1.82) is 5.26 Å². The normalized spacial score (nSPS) is 9.00. The number of nitrogens with one attached hydrogen (secondary N) is 1. The Kier molecular flexibility index (Phi) is 3.29. The fourth-order valence-electron chi connectivity index (χ4n) is 0.827. The molecule has 0 unspecified atom stereocenters. The third-order valence-electron chi connectivity index (χ3n) is 1.47. The molecule has 0 bridgehead atoms. The summed E-state index contributed by atoms with van der Waals surface area (Å²) in [4.78, 5) is 24.2. The fraction of sp³-hybridized carbons (Fsp3) is 0.125. The summed E-state index contributed by atoms with van der Waals surface area (Å²) in [6.07, 6.45) is 0.751.